The van der Waals surface area contributed by atoms with Gasteiger partial charge < -0.3 is 9.72 Å². The van der Waals surface area contributed by atoms with Crippen LogP contribution in [0.5, 0.6) is 0 Å². The summed E-state index contributed by atoms with van der Waals surface area (Å²) in [6.07, 6.45) is 1.70. The Kier molecular flexibility index (Phi) is 3.64. The average molecular weight is 294 g/mol. The molecular weight excluding hydrogens is 282 g/mol. The van der Waals surface area contributed by atoms with Crippen LogP contribution in [0.25, 0.3) is 0 Å². The predicted octanol–water partition coefficient (Wildman–Crippen LogP) is 3.44. The molecule has 0 aliphatic heterocycles. The number of benzene rings is 1. The molecule has 0 atom stereocenters. The smallest absolute Gasteiger partial charge is 0.355 e. The topological polar surface area (TPSA) is 42.1 Å². The van der Waals surface area contributed by atoms with Crippen LogP contribution in [-0.2, 0) is 11.3 Å². The first kappa shape index (κ1) is 11.9. The molecule has 1 heterocycles. The largest absolute Gasteiger partial charge is 0.456 e. The number of esters is 1. The van der Waals surface area contributed by atoms with E-state index >= 15 is 0 Å². The number of rotatable bonds is 3. The second-order valence-electron chi connectivity index (χ2n) is 3.73. The number of nitrogens with one attached hydrogen (secondary N) is 1. The van der Waals surface area contributed by atoms with E-state index < -0.39 is 0 Å². The molecule has 0 spiro atoms. The second-order valence-corrected chi connectivity index (χ2v) is 4.65. The van der Waals surface area contributed by atoms with Gasteiger partial charge in [-0.3, -0.25) is 0 Å². The molecule has 17 heavy (non-hydrogen) atoms. The van der Waals surface area contributed by atoms with Gasteiger partial charge in [0.25, 0.3) is 0 Å². The number of carbonyl (C=O) groups is 1. The van der Waals surface area contributed by atoms with Crippen molar-refractivity contribution >= 4 is 21.9 Å². The summed E-state index contributed by atoms with van der Waals surface area (Å²) in [6.45, 7) is 2.29. The van der Waals surface area contributed by atoms with Crippen molar-refractivity contribution in [1.82, 2.24) is 4.98 Å². The lowest BCUT2D eigenvalue weighted by Crippen LogP contribution is -2.06. The van der Waals surface area contributed by atoms with Crippen LogP contribution in [0, 0.1) is 6.92 Å². The van der Waals surface area contributed by atoms with E-state index in [2.05, 4.69) is 20.9 Å². The number of H-pyrrole nitrogens is 1. The van der Waals surface area contributed by atoms with Gasteiger partial charge in [-0.15, -0.1) is 0 Å². The molecule has 0 amide bonds. The summed E-state index contributed by atoms with van der Waals surface area (Å²) in [5, 5.41) is 0. The molecule has 1 N–H and O–H groups in total. The van der Waals surface area contributed by atoms with E-state index in [-0.39, 0.29) is 5.97 Å². The predicted molar refractivity (Wildman–Crippen MR) is 68.8 cm³/mol. The van der Waals surface area contributed by atoms with E-state index in [0.717, 1.165) is 15.6 Å². The Morgan fingerprint density at radius 1 is 1.41 bits per heavy atom. The Bertz CT molecular complexity index is 534. The minimum absolute atomic E-state index is 0.294. The van der Waals surface area contributed by atoms with Crippen molar-refractivity contribution in [3.05, 3.63) is 57.8 Å². The maximum Gasteiger partial charge on any atom is 0.355 e. The molecule has 1 aromatic carbocycles. The second kappa shape index (κ2) is 5.19. The van der Waals surface area contributed by atoms with Crippen LogP contribution in [0.2, 0.25) is 0 Å². The van der Waals surface area contributed by atoms with Crippen LogP contribution < -0.4 is 0 Å². The molecule has 0 saturated heterocycles. The van der Waals surface area contributed by atoms with Crippen molar-refractivity contribution in [2.24, 2.45) is 0 Å². The molecule has 0 saturated carbocycles. The van der Waals surface area contributed by atoms with Crippen molar-refractivity contribution in [2.45, 2.75) is 13.5 Å². The van der Waals surface area contributed by atoms with Crippen molar-refractivity contribution < 1.29 is 9.53 Å². The Morgan fingerprint density at radius 2 is 2.18 bits per heavy atom. The van der Waals surface area contributed by atoms with Crippen molar-refractivity contribution in [2.75, 3.05) is 0 Å². The molecule has 4 heteroatoms. The fraction of sp³-hybridized carbons (Fsp3) is 0.154. The Labute approximate surface area is 108 Å². The third-order valence-corrected chi connectivity index (χ3v) is 2.95. The highest BCUT2D eigenvalue weighted by Crippen LogP contribution is 2.13. The molecule has 0 unspecified atom stereocenters. The fourth-order valence-corrected chi connectivity index (χ4v) is 1.82. The van der Waals surface area contributed by atoms with Gasteiger partial charge in [-0.2, -0.15) is 0 Å². The van der Waals surface area contributed by atoms with Gasteiger partial charge in [-0.25, -0.2) is 4.79 Å². The van der Waals surface area contributed by atoms with Crippen LogP contribution in [0.3, 0.4) is 0 Å². The monoisotopic (exact) mass is 293 g/mol. The molecule has 88 valence electrons. The zero-order chi connectivity index (χ0) is 12.3. The first-order chi connectivity index (χ1) is 8.16. The summed E-state index contributed by atoms with van der Waals surface area (Å²) in [4.78, 5) is 14.5. The quantitative estimate of drug-likeness (QED) is 0.881. The molecule has 2 aromatic rings. The van der Waals surface area contributed by atoms with E-state index in [0.29, 0.717) is 12.3 Å². The molecular formula is C13H12BrNO2. The lowest BCUT2D eigenvalue weighted by Gasteiger charge is -2.06. The van der Waals surface area contributed by atoms with Gasteiger partial charge in [0.2, 0.25) is 0 Å². The number of halogens is 1. The Morgan fingerprint density at radius 3 is 2.82 bits per heavy atom. The number of hydrogen-bond acceptors (Lipinski definition) is 2. The summed E-state index contributed by atoms with van der Waals surface area (Å²) in [7, 11) is 0. The van der Waals surface area contributed by atoms with Crippen LogP contribution in [0.15, 0.2) is 41.0 Å². The molecule has 0 radical (unpaired) electrons. The summed E-state index contributed by atoms with van der Waals surface area (Å²) in [5.74, 6) is -0.348. The maximum absolute atomic E-state index is 11.7. The molecule has 0 aliphatic rings. The molecule has 1 aromatic heterocycles. The van der Waals surface area contributed by atoms with Gasteiger partial charge in [0, 0.05) is 10.7 Å². The lowest BCUT2D eigenvalue weighted by atomic mass is 10.1. The number of hydrogen-bond donors (Lipinski definition) is 1. The molecule has 2 rings (SSSR count). The van der Waals surface area contributed by atoms with E-state index in [1.807, 2.05) is 31.2 Å². The highest BCUT2D eigenvalue weighted by molar-refractivity contribution is 9.10. The molecule has 0 fully saturated rings. The summed E-state index contributed by atoms with van der Waals surface area (Å²) in [5.41, 5.74) is 2.59. The minimum atomic E-state index is -0.348. The van der Waals surface area contributed by atoms with Gasteiger partial charge in [-0.1, -0.05) is 24.3 Å². The van der Waals surface area contributed by atoms with Gasteiger partial charge >= 0.3 is 5.97 Å². The normalized spacial score (nSPS) is 10.2. The minimum Gasteiger partial charge on any atom is -0.456 e. The van der Waals surface area contributed by atoms with Crippen LogP contribution in [0.4, 0.5) is 0 Å². The highest BCUT2D eigenvalue weighted by atomic mass is 79.9. The lowest BCUT2D eigenvalue weighted by molar-refractivity contribution is 0.0466. The van der Waals surface area contributed by atoms with Crippen LogP contribution in [-0.4, -0.2) is 11.0 Å². The molecule has 0 bridgehead atoms. The van der Waals surface area contributed by atoms with E-state index in [1.165, 1.54) is 0 Å². The highest BCUT2D eigenvalue weighted by Gasteiger charge is 2.09. The number of ether oxygens (including phenoxy) is 1. The van der Waals surface area contributed by atoms with E-state index in [4.69, 9.17) is 4.74 Å². The maximum atomic E-state index is 11.7. The number of aromatic amines is 1. The fourth-order valence-electron chi connectivity index (χ4n) is 1.48. The number of aromatic nitrogens is 1. The van der Waals surface area contributed by atoms with Crippen LogP contribution in [0.1, 0.15) is 21.6 Å². The Balaban J connectivity index is 1.99. The van der Waals surface area contributed by atoms with Gasteiger partial charge in [-0.05, 0) is 40.0 Å². The van der Waals surface area contributed by atoms with Crippen molar-refractivity contribution in [1.29, 1.82) is 0 Å². The van der Waals surface area contributed by atoms with Crippen LogP contribution >= 0.6 is 15.9 Å². The summed E-state index contributed by atoms with van der Waals surface area (Å²) >= 11 is 3.27. The molecule has 3 nitrogen and oxygen atoms in total. The SMILES string of the molecule is Cc1ccccc1COC(=O)c1cc(Br)c[nH]1. The van der Waals surface area contributed by atoms with Gasteiger partial charge in [0.15, 0.2) is 0 Å². The Hall–Kier alpha value is -1.55. The van der Waals surface area contributed by atoms with Gasteiger partial charge in [0.05, 0.1) is 0 Å². The zero-order valence-electron chi connectivity index (χ0n) is 9.37. The summed E-state index contributed by atoms with van der Waals surface area (Å²) in [6, 6.07) is 9.53. The number of aryl methyl sites for hydroxylation is 1. The first-order valence-electron chi connectivity index (χ1n) is 5.22. The first-order valence-corrected chi connectivity index (χ1v) is 6.01. The average Bonchev–Trinajstić information content (AvgIpc) is 2.74. The third kappa shape index (κ3) is 2.97. The van der Waals surface area contributed by atoms with Gasteiger partial charge in [0.1, 0.15) is 12.3 Å². The van der Waals surface area contributed by atoms with Crippen molar-refractivity contribution in [3.8, 4) is 0 Å². The van der Waals surface area contributed by atoms with E-state index in [1.54, 1.807) is 12.3 Å². The summed E-state index contributed by atoms with van der Waals surface area (Å²) < 4.78 is 6.05. The van der Waals surface area contributed by atoms with Crippen molar-refractivity contribution in [3.63, 3.8) is 0 Å². The zero-order valence-corrected chi connectivity index (χ0v) is 11.0. The standard InChI is InChI=1S/C13H12BrNO2/c1-9-4-2-3-5-10(9)8-17-13(16)12-6-11(14)7-15-12/h2-7,15H,8H2,1H3. The number of carbonyl (C=O) groups excluding carboxylic acids is 1. The third-order valence-electron chi connectivity index (χ3n) is 2.49. The molecule has 0 aliphatic carbocycles. The van der Waals surface area contributed by atoms with E-state index in [9.17, 15) is 4.79 Å².